The summed E-state index contributed by atoms with van der Waals surface area (Å²) in [6, 6.07) is -1.06. The molecule has 1 N–H and O–H groups in total. The van der Waals surface area contributed by atoms with Crippen LogP contribution in [-0.2, 0) is 14.9 Å². The highest BCUT2D eigenvalue weighted by molar-refractivity contribution is 7.85. The maximum atomic E-state index is 11.4. The maximum Gasteiger partial charge on any atom is 0.357 e. The molecule has 0 aromatic heterocycles. The second-order valence-corrected chi connectivity index (χ2v) is 5.28. The van der Waals surface area contributed by atoms with Crippen molar-refractivity contribution in [2.45, 2.75) is 12.5 Å². The first-order chi connectivity index (χ1) is 6.59. The van der Waals surface area contributed by atoms with Gasteiger partial charge in [0.05, 0.1) is 0 Å². The van der Waals surface area contributed by atoms with Gasteiger partial charge in [-0.15, -0.1) is 0 Å². The normalized spacial score (nSPS) is 27.7. The number of nitrogens with zero attached hydrogens (tertiary/aromatic N) is 2. The maximum absolute atomic E-state index is 11.4. The highest BCUT2D eigenvalue weighted by Crippen LogP contribution is 2.32. The standard InChI is InChI=1S/C5H6Cl2N2O5S/c1-5(2-15(12,13)14)3(10)8(6)4(11)9(5)7/h2H2,1H3,(H,12,13,14). The van der Waals surface area contributed by atoms with Crippen LogP contribution in [0.15, 0.2) is 0 Å². The summed E-state index contributed by atoms with van der Waals surface area (Å²) in [6.45, 7) is 1.08. The molecule has 1 unspecified atom stereocenters. The molecule has 1 saturated heterocycles. The number of carbonyl (C=O) groups is 2. The van der Waals surface area contributed by atoms with Crippen LogP contribution in [0.2, 0.25) is 0 Å². The molecule has 10 heteroatoms. The number of urea groups is 1. The zero-order valence-corrected chi connectivity index (χ0v) is 9.67. The van der Waals surface area contributed by atoms with Crippen molar-refractivity contribution in [3.63, 3.8) is 0 Å². The van der Waals surface area contributed by atoms with Crippen LogP contribution in [0.25, 0.3) is 0 Å². The lowest BCUT2D eigenvalue weighted by atomic mass is 10.1. The fourth-order valence-corrected chi connectivity index (χ4v) is 2.68. The van der Waals surface area contributed by atoms with Gasteiger partial charge in [0.15, 0.2) is 5.54 Å². The third-order valence-electron chi connectivity index (χ3n) is 1.87. The van der Waals surface area contributed by atoms with Gasteiger partial charge in [-0.3, -0.25) is 9.35 Å². The van der Waals surface area contributed by atoms with Gasteiger partial charge in [-0.2, -0.15) is 12.8 Å². The number of amides is 3. The van der Waals surface area contributed by atoms with Gasteiger partial charge in [0.1, 0.15) is 5.75 Å². The first-order valence-electron chi connectivity index (χ1n) is 3.55. The topological polar surface area (TPSA) is 95.0 Å². The molecule has 0 aromatic rings. The molecule has 3 amide bonds. The minimum absolute atomic E-state index is 0.165. The Bertz CT molecular complexity index is 423. The second-order valence-electron chi connectivity index (χ2n) is 3.15. The van der Waals surface area contributed by atoms with Crippen molar-refractivity contribution in [2.75, 3.05) is 5.75 Å². The lowest BCUT2D eigenvalue weighted by Crippen LogP contribution is -2.47. The van der Waals surface area contributed by atoms with Gasteiger partial charge >= 0.3 is 6.03 Å². The second kappa shape index (κ2) is 3.48. The van der Waals surface area contributed by atoms with Crippen molar-refractivity contribution in [3.8, 4) is 0 Å². The van der Waals surface area contributed by atoms with Gasteiger partial charge in [0.2, 0.25) is 0 Å². The molecule has 1 fully saturated rings. The zero-order chi connectivity index (χ0) is 12.0. The Morgan fingerprint density at radius 3 is 2.13 bits per heavy atom. The van der Waals surface area contributed by atoms with Crippen LogP contribution < -0.4 is 0 Å². The Morgan fingerprint density at radius 2 is 1.87 bits per heavy atom. The fourth-order valence-electron chi connectivity index (χ4n) is 1.14. The van der Waals surface area contributed by atoms with Crippen LogP contribution in [0.5, 0.6) is 0 Å². The third-order valence-corrected chi connectivity index (χ3v) is 3.61. The van der Waals surface area contributed by atoms with Gasteiger partial charge in [-0.25, -0.2) is 9.21 Å². The monoisotopic (exact) mass is 276 g/mol. The number of carbonyl (C=O) groups excluding carboxylic acids is 2. The van der Waals surface area contributed by atoms with Crippen LogP contribution in [0.3, 0.4) is 0 Å². The van der Waals surface area contributed by atoms with E-state index in [1.807, 2.05) is 0 Å². The Morgan fingerprint density at radius 1 is 1.40 bits per heavy atom. The SMILES string of the molecule is CC1(CS(=O)(=O)O)C(=O)N(Cl)C(=O)N1Cl. The van der Waals surface area contributed by atoms with Crippen molar-refractivity contribution in [2.24, 2.45) is 0 Å². The molecule has 86 valence electrons. The molecule has 0 saturated carbocycles. The molecular weight excluding hydrogens is 271 g/mol. The molecule has 0 aliphatic carbocycles. The fraction of sp³-hybridized carbons (Fsp3) is 0.600. The van der Waals surface area contributed by atoms with Gasteiger partial charge in [-0.05, 0) is 6.92 Å². The molecule has 1 aliphatic rings. The van der Waals surface area contributed by atoms with E-state index in [2.05, 4.69) is 0 Å². The Balaban J connectivity index is 3.14. The molecule has 0 aromatic carbocycles. The van der Waals surface area contributed by atoms with Gasteiger partial charge < -0.3 is 0 Å². The summed E-state index contributed by atoms with van der Waals surface area (Å²) in [5.41, 5.74) is -1.89. The molecule has 0 spiro atoms. The molecule has 1 rings (SSSR count). The van der Waals surface area contributed by atoms with Gasteiger partial charge in [0.25, 0.3) is 16.0 Å². The predicted molar refractivity (Wildman–Crippen MR) is 50.6 cm³/mol. The first kappa shape index (κ1) is 12.5. The smallest absolute Gasteiger partial charge is 0.285 e. The summed E-state index contributed by atoms with van der Waals surface area (Å²) >= 11 is 10.7. The van der Waals surface area contributed by atoms with Crippen LogP contribution in [0, 0.1) is 0 Å². The van der Waals surface area contributed by atoms with Gasteiger partial charge in [0, 0.05) is 23.6 Å². The summed E-state index contributed by atoms with van der Waals surface area (Å²) in [7, 11) is -4.46. The molecule has 1 heterocycles. The third kappa shape index (κ3) is 2.03. The van der Waals surface area contributed by atoms with Crippen LogP contribution in [0.1, 0.15) is 6.92 Å². The Labute approximate surface area is 95.5 Å². The summed E-state index contributed by atoms with van der Waals surface area (Å²) in [5, 5.41) is 0. The van der Waals surface area contributed by atoms with E-state index in [1.165, 1.54) is 0 Å². The highest BCUT2D eigenvalue weighted by Gasteiger charge is 2.56. The van der Waals surface area contributed by atoms with E-state index in [-0.39, 0.29) is 4.42 Å². The van der Waals surface area contributed by atoms with Crippen LogP contribution in [0.4, 0.5) is 4.79 Å². The van der Waals surface area contributed by atoms with Crippen molar-refractivity contribution < 1.29 is 22.6 Å². The average Bonchev–Trinajstić information content (AvgIpc) is 2.19. The quantitative estimate of drug-likeness (QED) is 0.442. The lowest BCUT2D eigenvalue weighted by Gasteiger charge is -2.23. The van der Waals surface area contributed by atoms with Crippen molar-refractivity contribution in [1.29, 1.82) is 0 Å². The van der Waals surface area contributed by atoms with Gasteiger partial charge in [-0.1, -0.05) is 0 Å². The molecule has 1 aliphatic heterocycles. The highest BCUT2D eigenvalue weighted by atomic mass is 35.5. The van der Waals surface area contributed by atoms with Crippen molar-refractivity contribution in [3.05, 3.63) is 0 Å². The van der Waals surface area contributed by atoms with E-state index < -0.39 is 33.3 Å². The summed E-state index contributed by atoms with van der Waals surface area (Å²) in [4.78, 5) is 22.5. The average molecular weight is 277 g/mol. The lowest BCUT2D eigenvalue weighted by molar-refractivity contribution is -0.127. The number of halogens is 2. The van der Waals surface area contributed by atoms with Crippen LogP contribution in [-0.4, -0.2) is 45.0 Å². The largest absolute Gasteiger partial charge is 0.357 e. The molecule has 0 radical (unpaired) electrons. The van der Waals surface area contributed by atoms with E-state index in [1.54, 1.807) is 0 Å². The summed E-state index contributed by atoms with van der Waals surface area (Å²) < 4.78 is 30.4. The molecular formula is C5H6Cl2N2O5S. The number of imide groups is 1. The molecule has 7 nitrogen and oxygen atoms in total. The van der Waals surface area contributed by atoms with Crippen LogP contribution >= 0.6 is 23.6 Å². The van der Waals surface area contributed by atoms with E-state index in [0.29, 0.717) is 4.42 Å². The van der Waals surface area contributed by atoms with E-state index in [4.69, 9.17) is 28.1 Å². The molecule has 1 atom stereocenters. The molecule has 15 heavy (non-hydrogen) atoms. The molecule has 0 bridgehead atoms. The van der Waals surface area contributed by atoms with Crippen molar-refractivity contribution >= 4 is 45.6 Å². The summed E-state index contributed by atoms with van der Waals surface area (Å²) in [5.74, 6) is -2.03. The zero-order valence-electron chi connectivity index (χ0n) is 7.35. The minimum atomic E-state index is -4.46. The Hall–Kier alpha value is -0.570. The minimum Gasteiger partial charge on any atom is -0.285 e. The van der Waals surface area contributed by atoms with E-state index in [0.717, 1.165) is 6.92 Å². The Kier molecular flexibility index (Phi) is 2.90. The summed E-state index contributed by atoms with van der Waals surface area (Å²) in [6.07, 6.45) is 0. The van der Waals surface area contributed by atoms with E-state index >= 15 is 0 Å². The number of rotatable bonds is 2. The number of hydrogen-bond acceptors (Lipinski definition) is 4. The first-order valence-corrected chi connectivity index (χ1v) is 5.83. The predicted octanol–water partition coefficient (Wildman–Crippen LogP) is 0.205. The number of hydrogen-bond donors (Lipinski definition) is 1. The van der Waals surface area contributed by atoms with E-state index in [9.17, 15) is 18.0 Å². The van der Waals surface area contributed by atoms with Crippen molar-refractivity contribution in [1.82, 2.24) is 8.84 Å².